The number of hydrogen-bond acceptors (Lipinski definition) is 4. The molecule has 0 aliphatic heterocycles. The molecule has 0 N–H and O–H groups in total. The first-order valence-electron chi connectivity index (χ1n) is 3.72. The maximum absolute atomic E-state index is 5.19. The SMILES string of the molecule is CCOP(=S)(OCC)OCC. The van der Waals surface area contributed by atoms with Gasteiger partial charge in [0, 0.05) is 0 Å². The van der Waals surface area contributed by atoms with Crippen LogP contribution in [-0.4, -0.2) is 19.8 Å². The molecule has 68 valence electrons. The molecule has 0 aliphatic rings. The summed E-state index contributed by atoms with van der Waals surface area (Å²) < 4.78 is 15.6. The Morgan fingerprint density at radius 2 is 1.18 bits per heavy atom. The Labute approximate surface area is 73.3 Å². The molecular formula is C6H15O3PS. The fourth-order valence-corrected chi connectivity index (χ4v) is 2.71. The summed E-state index contributed by atoms with van der Waals surface area (Å²) in [6, 6.07) is 0. The second-order valence-corrected chi connectivity index (χ2v) is 4.71. The van der Waals surface area contributed by atoms with Crippen molar-refractivity contribution < 1.29 is 13.6 Å². The van der Waals surface area contributed by atoms with Crippen molar-refractivity contribution in [2.45, 2.75) is 20.8 Å². The van der Waals surface area contributed by atoms with E-state index in [1.165, 1.54) is 0 Å². The maximum Gasteiger partial charge on any atom is 0.327 e. The van der Waals surface area contributed by atoms with Crippen molar-refractivity contribution in [2.75, 3.05) is 19.8 Å². The van der Waals surface area contributed by atoms with Crippen LogP contribution in [0, 0.1) is 0 Å². The third-order valence-corrected chi connectivity index (χ3v) is 3.53. The van der Waals surface area contributed by atoms with Gasteiger partial charge in [0.05, 0.1) is 19.8 Å². The van der Waals surface area contributed by atoms with Crippen LogP contribution in [0.4, 0.5) is 0 Å². The normalized spacial score (nSPS) is 11.9. The predicted molar refractivity (Wildman–Crippen MR) is 49.2 cm³/mol. The highest BCUT2D eigenvalue weighted by molar-refractivity contribution is 8.07. The lowest BCUT2D eigenvalue weighted by Crippen LogP contribution is -1.98. The van der Waals surface area contributed by atoms with Crippen LogP contribution in [0.2, 0.25) is 0 Å². The monoisotopic (exact) mass is 198 g/mol. The Kier molecular flexibility index (Phi) is 6.38. The van der Waals surface area contributed by atoms with Gasteiger partial charge in [0.25, 0.3) is 0 Å². The van der Waals surface area contributed by atoms with E-state index in [1.807, 2.05) is 20.8 Å². The molecule has 0 spiro atoms. The predicted octanol–water partition coefficient (Wildman–Crippen LogP) is 2.32. The van der Waals surface area contributed by atoms with E-state index in [9.17, 15) is 0 Å². The standard InChI is InChI=1S/C6H15O3PS/c1-4-7-10(11,8-5-2)9-6-3/h4-6H2,1-3H3. The lowest BCUT2D eigenvalue weighted by molar-refractivity contribution is 0.173. The van der Waals surface area contributed by atoms with Gasteiger partial charge in [0.15, 0.2) is 0 Å². The molecule has 0 bridgehead atoms. The average Bonchev–Trinajstić information content (AvgIpc) is 1.88. The molecule has 0 aromatic rings. The van der Waals surface area contributed by atoms with Crippen LogP contribution in [0.5, 0.6) is 0 Å². The van der Waals surface area contributed by atoms with E-state index in [0.29, 0.717) is 19.8 Å². The molecule has 0 amide bonds. The topological polar surface area (TPSA) is 27.7 Å². The van der Waals surface area contributed by atoms with Gasteiger partial charge in [-0.05, 0) is 32.6 Å². The van der Waals surface area contributed by atoms with Gasteiger partial charge in [0.1, 0.15) is 0 Å². The zero-order valence-corrected chi connectivity index (χ0v) is 8.91. The van der Waals surface area contributed by atoms with Crippen LogP contribution < -0.4 is 0 Å². The Bertz CT molecular complexity index is 116. The van der Waals surface area contributed by atoms with E-state index >= 15 is 0 Å². The van der Waals surface area contributed by atoms with Crippen LogP contribution in [0.3, 0.4) is 0 Å². The highest BCUT2D eigenvalue weighted by Crippen LogP contribution is 2.49. The van der Waals surface area contributed by atoms with Gasteiger partial charge in [-0.3, -0.25) is 0 Å². The first-order valence-corrected chi connectivity index (χ1v) is 6.27. The third-order valence-electron chi connectivity index (χ3n) is 0.862. The summed E-state index contributed by atoms with van der Waals surface area (Å²) in [5, 5.41) is 0. The summed E-state index contributed by atoms with van der Waals surface area (Å²) in [5.74, 6) is 0. The summed E-state index contributed by atoms with van der Waals surface area (Å²) in [7, 11) is 0. The number of hydrogen-bond donors (Lipinski definition) is 0. The van der Waals surface area contributed by atoms with E-state index in [1.54, 1.807) is 0 Å². The second kappa shape index (κ2) is 6.09. The molecular weight excluding hydrogens is 183 g/mol. The summed E-state index contributed by atoms with van der Waals surface area (Å²) >= 11 is 5.04. The Morgan fingerprint density at radius 1 is 0.909 bits per heavy atom. The molecule has 0 heterocycles. The lowest BCUT2D eigenvalue weighted by atomic mass is 10.9. The lowest BCUT2D eigenvalue weighted by Gasteiger charge is -2.19. The van der Waals surface area contributed by atoms with E-state index in [-0.39, 0.29) is 0 Å². The van der Waals surface area contributed by atoms with Crippen molar-refractivity contribution in [3.05, 3.63) is 0 Å². The van der Waals surface area contributed by atoms with Crippen molar-refractivity contribution in [3.8, 4) is 0 Å². The molecule has 3 nitrogen and oxygen atoms in total. The van der Waals surface area contributed by atoms with Crippen molar-refractivity contribution in [3.63, 3.8) is 0 Å². The molecule has 0 radical (unpaired) electrons. The van der Waals surface area contributed by atoms with Gasteiger partial charge < -0.3 is 13.6 Å². The van der Waals surface area contributed by atoms with Gasteiger partial charge in [-0.25, -0.2) is 0 Å². The first kappa shape index (κ1) is 11.5. The smallest absolute Gasteiger partial charge is 0.309 e. The van der Waals surface area contributed by atoms with E-state index in [0.717, 1.165) is 0 Å². The van der Waals surface area contributed by atoms with Crippen molar-refractivity contribution >= 4 is 18.5 Å². The van der Waals surface area contributed by atoms with Crippen molar-refractivity contribution in [1.82, 2.24) is 0 Å². The van der Waals surface area contributed by atoms with Crippen LogP contribution in [0.1, 0.15) is 20.8 Å². The third kappa shape index (κ3) is 4.88. The van der Waals surface area contributed by atoms with Crippen LogP contribution in [0.15, 0.2) is 0 Å². The van der Waals surface area contributed by atoms with Crippen molar-refractivity contribution in [1.29, 1.82) is 0 Å². The molecule has 0 saturated carbocycles. The molecule has 0 saturated heterocycles. The van der Waals surface area contributed by atoms with Crippen LogP contribution in [0.25, 0.3) is 0 Å². The molecule has 0 aromatic heterocycles. The van der Waals surface area contributed by atoms with E-state index in [4.69, 9.17) is 25.4 Å². The highest BCUT2D eigenvalue weighted by atomic mass is 32.5. The zero-order valence-electron chi connectivity index (χ0n) is 7.20. The van der Waals surface area contributed by atoms with E-state index in [2.05, 4.69) is 0 Å². The Morgan fingerprint density at radius 3 is 1.36 bits per heavy atom. The quantitative estimate of drug-likeness (QED) is 0.612. The molecule has 0 aromatic carbocycles. The summed E-state index contributed by atoms with van der Waals surface area (Å²) in [6.45, 7) is 4.85. The van der Waals surface area contributed by atoms with Gasteiger partial charge in [0.2, 0.25) is 0 Å². The van der Waals surface area contributed by atoms with Crippen LogP contribution in [-0.2, 0) is 25.4 Å². The highest BCUT2D eigenvalue weighted by Gasteiger charge is 2.17. The molecule has 11 heavy (non-hydrogen) atoms. The number of rotatable bonds is 6. The molecule has 0 rings (SSSR count). The maximum atomic E-state index is 5.19. The molecule has 5 heteroatoms. The second-order valence-electron chi connectivity index (χ2n) is 1.70. The Hall–Kier alpha value is 0.530. The Balaban J connectivity index is 3.91. The zero-order chi connectivity index (χ0) is 8.74. The fourth-order valence-electron chi connectivity index (χ4n) is 0.586. The minimum atomic E-state index is -2.39. The molecule has 0 aliphatic carbocycles. The van der Waals surface area contributed by atoms with E-state index < -0.39 is 6.72 Å². The van der Waals surface area contributed by atoms with Crippen molar-refractivity contribution in [2.24, 2.45) is 0 Å². The molecule has 0 atom stereocenters. The molecule has 0 fully saturated rings. The van der Waals surface area contributed by atoms with Crippen LogP contribution >= 0.6 is 6.72 Å². The summed E-state index contributed by atoms with van der Waals surface area (Å²) in [6.07, 6.45) is 0. The van der Waals surface area contributed by atoms with Gasteiger partial charge in [-0.2, -0.15) is 0 Å². The van der Waals surface area contributed by atoms with Gasteiger partial charge in [-0.1, -0.05) is 0 Å². The first-order chi connectivity index (χ1) is 5.18. The summed E-state index contributed by atoms with van der Waals surface area (Å²) in [4.78, 5) is 0. The minimum absolute atomic E-state index is 0.539. The fraction of sp³-hybridized carbons (Fsp3) is 1.00. The van der Waals surface area contributed by atoms with Gasteiger partial charge >= 0.3 is 6.72 Å². The average molecular weight is 198 g/mol. The minimum Gasteiger partial charge on any atom is -0.309 e. The largest absolute Gasteiger partial charge is 0.327 e. The van der Waals surface area contributed by atoms with Gasteiger partial charge in [-0.15, -0.1) is 0 Å². The molecule has 0 unspecified atom stereocenters. The summed E-state index contributed by atoms with van der Waals surface area (Å²) in [5.41, 5.74) is 0.